The number of amides is 2. The van der Waals surface area contributed by atoms with E-state index in [1.165, 1.54) is 11.3 Å². The third-order valence-electron chi connectivity index (χ3n) is 4.74. The molecule has 8 heteroatoms. The summed E-state index contributed by atoms with van der Waals surface area (Å²) in [6.07, 6.45) is 2.27. The van der Waals surface area contributed by atoms with Gasteiger partial charge in [-0.3, -0.25) is 5.32 Å². The van der Waals surface area contributed by atoms with E-state index in [1.807, 2.05) is 39.0 Å². The number of aliphatic hydroxyl groups excluding tert-OH is 1. The summed E-state index contributed by atoms with van der Waals surface area (Å²) in [6.45, 7) is 6.31. The van der Waals surface area contributed by atoms with Crippen LogP contribution < -0.4 is 20.1 Å². The van der Waals surface area contributed by atoms with Crippen molar-refractivity contribution in [1.29, 1.82) is 0 Å². The van der Waals surface area contributed by atoms with E-state index in [0.717, 1.165) is 46.9 Å². The second-order valence-corrected chi connectivity index (χ2v) is 8.20. The van der Waals surface area contributed by atoms with Crippen molar-refractivity contribution >= 4 is 22.5 Å². The van der Waals surface area contributed by atoms with Gasteiger partial charge in [-0.05, 0) is 43.4 Å². The molecule has 1 aromatic heterocycles. The minimum absolute atomic E-state index is 0.0244. The number of aromatic nitrogens is 1. The Hall–Kier alpha value is -2.32. The van der Waals surface area contributed by atoms with Crippen LogP contribution in [0.2, 0.25) is 0 Å². The zero-order chi connectivity index (χ0) is 20.1. The average molecular weight is 406 g/mol. The number of fused-ring (bicyclic) bond motifs is 1. The van der Waals surface area contributed by atoms with Gasteiger partial charge in [-0.2, -0.15) is 0 Å². The summed E-state index contributed by atoms with van der Waals surface area (Å²) in [6, 6.07) is 5.67. The highest BCUT2D eigenvalue weighted by Gasteiger charge is 2.17. The van der Waals surface area contributed by atoms with Crippen LogP contribution in [0, 0.1) is 12.8 Å². The van der Waals surface area contributed by atoms with E-state index in [9.17, 15) is 9.90 Å². The first-order valence-electron chi connectivity index (χ1n) is 9.51. The smallest absolute Gasteiger partial charge is 0.321 e. The number of ether oxygens (including phenoxy) is 2. The first-order valence-corrected chi connectivity index (χ1v) is 10.3. The van der Waals surface area contributed by atoms with Crippen molar-refractivity contribution in [2.24, 2.45) is 5.92 Å². The van der Waals surface area contributed by atoms with Crippen molar-refractivity contribution in [3.63, 3.8) is 0 Å². The second kappa shape index (κ2) is 9.25. The molecule has 0 saturated heterocycles. The van der Waals surface area contributed by atoms with Gasteiger partial charge in [0, 0.05) is 23.9 Å². The van der Waals surface area contributed by atoms with Crippen LogP contribution in [0.3, 0.4) is 0 Å². The molecule has 0 spiro atoms. The number of carbonyl (C=O) groups excluding carboxylic acids is 1. The number of benzene rings is 1. The van der Waals surface area contributed by atoms with E-state index >= 15 is 0 Å². The molecule has 7 nitrogen and oxygen atoms in total. The van der Waals surface area contributed by atoms with Crippen LogP contribution in [0.15, 0.2) is 18.2 Å². The number of aliphatic hydroxyl groups is 1. The maximum Gasteiger partial charge on any atom is 0.321 e. The predicted octanol–water partition coefficient (Wildman–Crippen LogP) is 3.69. The highest BCUT2D eigenvalue weighted by atomic mass is 32.1. The van der Waals surface area contributed by atoms with Crippen molar-refractivity contribution in [2.45, 2.75) is 46.1 Å². The zero-order valence-electron chi connectivity index (χ0n) is 16.4. The topological polar surface area (TPSA) is 92.7 Å². The fraction of sp³-hybridized carbons (Fsp3) is 0.500. The lowest BCUT2D eigenvalue weighted by Crippen LogP contribution is -2.38. The highest BCUT2D eigenvalue weighted by Crippen LogP contribution is 2.34. The monoisotopic (exact) mass is 405 g/mol. The summed E-state index contributed by atoms with van der Waals surface area (Å²) in [5.74, 6) is 1.69. The summed E-state index contributed by atoms with van der Waals surface area (Å²) >= 11 is 1.47. The van der Waals surface area contributed by atoms with E-state index in [4.69, 9.17) is 9.47 Å². The number of carbonyl (C=O) groups is 1. The maximum atomic E-state index is 12.3. The Morgan fingerprint density at radius 3 is 2.89 bits per heavy atom. The molecule has 2 amide bonds. The Balaban J connectivity index is 1.59. The quantitative estimate of drug-likeness (QED) is 0.623. The van der Waals surface area contributed by atoms with Crippen molar-refractivity contribution in [3.8, 4) is 11.5 Å². The Labute approximate surface area is 169 Å². The Morgan fingerprint density at radius 1 is 1.36 bits per heavy atom. The molecule has 0 saturated carbocycles. The predicted molar refractivity (Wildman–Crippen MR) is 109 cm³/mol. The van der Waals surface area contributed by atoms with Gasteiger partial charge in [0.15, 0.2) is 16.6 Å². The molecule has 152 valence electrons. The molecule has 2 atom stereocenters. The number of hydrogen-bond donors (Lipinski definition) is 3. The molecule has 0 fully saturated rings. The third-order valence-corrected chi connectivity index (χ3v) is 5.81. The molecule has 3 N–H and O–H groups in total. The summed E-state index contributed by atoms with van der Waals surface area (Å²) < 4.78 is 10.8. The van der Waals surface area contributed by atoms with E-state index < -0.39 is 0 Å². The van der Waals surface area contributed by atoms with E-state index in [-0.39, 0.29) is 31.4 Å². The minimum Gasteiger partial charge on any atom is -0.454 e. The summed E-state index contributed by atoms with van der Waals surface area (Å²) in [5.41, 5.74) is 2.01. The molecule has 1 aliphatic heterocycles. The van der Waals surface area contributed by atoms with Crippen LogP contribution in [-0.4, -0.2) is 35.6 Å². The van der Waals surface area contributed by atoms with E-state index in [2.05, 4.69) is 15.6 Å². The third kappa shape index (κ3) is 5.14. The number of rotatable bonds is 8. The van der Waals surface area contributed by atoms with Crippen molar-refractivity contribution in [2.75, 3.05) is 18.7 Å². The van der Waals surface area contributed by atoms with Crippen LogP contribution in [-0.2, 0) is 6.42 Å². The molecular formula is C20H27N3O4S. The number of nitrogens with zero attached hydrogens (tertiary/aromatic N) is 1. The molecule has 0 radical (unpaired) electrons. The number of thiazole rings is 1. The second-order valence-electron chi connectivity index (χ2n) is 7.12. The molecule has 3 rings (SSSR count). The lowest BCUT2D eigenvalue weighted by Gasteiger charge is -2.19. The minimum atomic E-state index is -0.264. The van der Waals surface area contributed by atoms with E-state index in [1.54, 1.807) is 0 Å². The van der Waals surface area contributed by atoms with Crippen LogP contribution in [0.25, 0.3) is 0 Å². The van der Waals surface area contributed by atoms with Gasteiger partial charge in [0.25, 0.3) is 0 Å². The Morgan fingerprint density at radius 2 is 2.14 bits per heavy atom. The Kier molecular flexibility index (Phi) is 6.74. The largest absolute Gasteiger partial charge is 0.454 e. The molecule has 28 heavy (non-hydrogen) atoms. The van der Waals surface area contributed by atoms with Crippen LogP contribution in [0.5, 0.6) is 11.5 Å². The molecule has 0 aliphatic carbocycles. The highest BCUT2D eigenvalue weighted by molar-refractivity contribution is 7.15. The van der Waals surface area contributed by atoms with Gasteiger partial charge in [-0.1, -0.05) is 19.9 Å². The van der Waals surface area contributed by atoms with E-state index in [0.29, 0.717) is 5.13 Å². The summed E-state index contributed by atoms with van der Waals surface area (Å²) in [7, 11) is 0. The average Bonchev–Trinajstić information content (AvgIpc) is 3.27. The van der Waals surface area contributed by atoms with Gasteiger partial charge in [0.05, 0.1) is 5.69 Å². The molecular weight excluding hydrogens is 378 g/mol. The maximum absolute atomic E-state index is 12.3. The molecule has 1 aromatic carbocycles. The van der Waals surface area contributed by atoms with Gasteiger partial charge in [-0.15, -0.1) is 11.3 Å². The standard InChI is InChI=1S/C20H27N3O4S/c1-4-15(7-12(2)10-24)22-19(25)23-20-21-13(3)18(28-20)9-14-5-6-16-17(8-14)27-11-26-16/h5-6,8,12,15,24H,4,7,9-11H2,1-3H3,(H2,21,22,23,25). The van der Waals surface area contributed by atoms with Crippen molar-refractivity contribution in [1.82, 2.24) is 10.3 Å². The molecule has 1 aliphatic rings. The molecule has 0 bridgehead atoms. The lowest BCUT2D eigenvalue weighted by molar-refractivity contribution is 0.174. The number of urea groups is 1. The van der Waals surface area contributed by atoms with Gasteiger partial charge in [0.1, 0.15) is 0 Å². The molecule has 2 heterocycles. The SMILES string of the molecule is CCC(CC(C)CO)NC(=O)Nc1nc(C)c(Cc2ccc3c(c2)OCO3)s1. The zero-order valence-corrected chi connectivity index (χ0v) is 17.3. The molecule has 2 aromatic rings. The van der Waals surface area contributed by atoms with Crippen LogP contribution in [0.4, 0.5) is 9.93 Å². The lowest BCUT2D eigenvalue weighted by atomic mass is 10.0. The normalized spacial score (nSPS) is 14.6. The van der Waals surface area contributed by atoms with Crippen LogP contribution >= 0.6 is 11.3 Å². The fourth-order valence-electron chi connectivity index (χ4n) is 3.09. The van der Waals surface area contributed by atoms with Crippen molar-refractivity contribution in [3.05, 3.63) is 34.3 Å². The first kappa shape index (κ1) is 20.4. The number of hydrogen-bond acceptors (Lipinski definition) is 6. The Bertz CT molecular complexity index is 824. The number of nitrogens with one attached hydrogen (secondary N) is 2. The number of aryl methyl sites for hydroxylation is 1. The van der Waals surface area contributed by atoms with Crippen molar-refractivity contribution < 1.29 is 19.4 Å². The van der Waals surface area contributed by atoms with Gasteiger partial charge in [0.2, 0.25) is 6.79 Å². The van der Waals surface area contributed by atoms with Gasteiger partial charge >= 0.3 is 6.03 Å². The fourth-order valence-corrected chi connectivity index (χ4v) is 4.08. The van der Waals surface area contributed by atoms with Gasteiger partial charge < -0.3 is 19.9 Å². The van der Waals surface area contributed by atoms with Gasteiger partial charge in [-0.25, -0.2) is 9.78 Å². The molecule has 2 unspecified atom stereocenters. The summed E-state index contributed by atoms with van der Waals surface area (Å²) in [4.78, 5) is 17.9. The summed E-state index contributed by atoms with van der Waals surface area (Å²) in [5, 5.41) is 15.6. The first-order chi connectivity index (χ1) is 13.5. The number of anilines is 1. The van der Waals surface area contributed by atoms with Crippen LogP contribution in [0.1, 0.15) is 42.8 Å².